The van der Waals surface area contributed by atoms with Gasteiger partial charge in [0.1, 0.15) is 0 Å². The second kappa shape index (κ2) is 6.50. The van der Waals surface area contributed by atoms with Crippen molar-refractivity contribution in [2.24, 2.45) is 5.73 Å². The number of hydrogen-bond acceptors (Lipinski definition) is 6. The molecule has 0 bridgehead atoms. The van der Waals surface area contributed by atoms with Crippen molar-refractivity contribution < 1.29 is 4.52 Å². The maximum atomic E-state index is 6.06. The minimum atomic E-state index is 0.171. The van der Waals surface area contributed by atoms with E-state index in [1.165, 1.54) is 32.1 Å². The summed E-state index contributed by atoms with van der Waals surface area (Å²) in [6, 6.07) is 0.171. The summed E-state index contributed by atoms with van der Waals surface area (Å²) in [7, 11) is 0. The fourth-order valence-electron chi connectivity index (χ4n) is 2.73. The van der Waals surface area contributed by atoms with Crippen molar-refractivity contribution in [2.75, 3.05) is 11.5 Å². The summed E-state index contributed by atoms with van der Waals surface area (Å²) in [5.74, 6) is 4.73. The number of thioether (sulfide) groups is 2. The standard InChI is InChI=1S/C13H21N3OS2/c14-11-7-18-6-10(11)13-15-12(16-17-13)8-19-9-4-2-1-3-5-9/h9-11H,1-8,14H2. The van der Waals surface area contributed by atoms with Gasteiger partial charge in [-0.25, -0.2) is 0 Å². The molecule has 3 rings (SSSR count). The molecule has 0 aromatic carbocycles. The zero-order valence-corrected chi connectivity index (χ0v) is 12.7. The van der Waals surface area contributed by atoms with Crippen molar-refractivity contribution in [3.05, 3.63) is 11.7 Å². The van der Waals surface area contributed by atoms with Gasteiger partial charge in [0.05, 0.1) is 11.7 Å². The molecule has 2 unspecified atom stereocenters. The van der Waals surface area contributed by atoms with Crippen LogP contribution >= 0.6 is 23.5 Å². The Hall–Kier alpha value is -0.200. The molecule has 1 aliphatic heterocycles. The molecule has 1 aromatic rings. The van der Waals surface area contributed by atoms with Gasteiger partial charge < -0.3 is 10.3 Å². The van der Waals surface area contributed by atoms with Crippen LogP contribution in [0.25, 0.3) is 0 Å². The van der Waals surface area contributed by atoms with E-state index in [9.17, 15) is 0 Å². The lowest BCUT2D eigenvalue weighted by molar-refractivity contribution is 0.349. The Morgan fingerprint density at radius 1 is 1.26 bits per heavy atom. The second-order valence-electron chi connectivity index (χ2n) is 5.43. The summed E-state index contributed by atoms with van der Waals surface area (Å²) in [4.78, 5) is 4.54. The largest absolute Gasteiger partial charge is 0.339 e. The van der Waals surface area contributed by atoms with Gasteiger partial charge >= 0.3 is 0 Å². The Bertz CT molecular complexity index is 406. The SMILES string of the molecule is NC1CSCC1c1nc(CSC2CCCCC2)no1. The summed E-state index contributed by atoms with van der Waals surface area (Å²) in [6.45, 7) is 0. The van der Waals surface area contributed by atoms with Gasteiger partial charge in [0.2, 0.25) is 5.89 Å². The number of aromatic nitrogens is 2. The molecule has 1 saturated heterocycles. The molecule has 1 aliphatic carbocycles. The van der Waals surface area contributed by atoms with Crippen LogP contribution in [0.15, 0.2) is 4.52 Å². The second-order valence-corrected chi connectivity index (χ2v) is 7.79. The van der Waals surface area contributed by atoms with Crippen LogP contribution in [0.2, 0.25) is 0 Å². The first kappa shape index (κ1) is 13.8. The van der Waals surface area contributed by atoms with Crippen molar-refractivity contribution in [3.8, 4) is 0 Å². The lowest BCUT2D eigenvalue weighted by Gasteiger charge is -2.20. The van der Waals surface area contributed by atoms with Crippen LogP contribution in [0.4, 0.5) is 0 Å². The first-order chi connectivity index (χ1) is 9.33. The Balaban J connectivity index is 1.52. The number of nitrogens with zero attached hydrogens (tertiary/aromatic N) is 2. The van der Waals surface area contributed by atoms with E-state index in [1.54, 1.807) is 0 Å². The van der Waals surface area contributed by atoms with Crippen molar-refractivity contribution in [2.45, 2.75) is 55.1 Å². The summed E-state index contributed by atoms with van der Waals surface area (Å²) >= 11 is 3.86. The number of rotatable bonds is 4. The molecule has 0 radical (unpaired) electrons. The van der Waals surface area contributed by atoms with E-state index < -0.39 is 0 Å². The van der Waals surface area contributed by atoms with E-state index in [0.717, 1.165) is 34.2 Å². The molecule has 2 fully saturated rings. The molecule has 1 aromatic heterocycles. The Kier molecular flexibility index (Phi) is 4.71. The molecule has 4 nitrogen and oxygen atoms in total. The van der Waals surface area contributed by atoms with Gasteiger partial charge in [0.25, 0.3) is 0 Å². The average molecular weight is 299 g/mol. The summed E-state index contributed by atoms with van der Waals surface area (Å²) < 4.78 is 5.39. The molecule has 106 valence electrons. The van der Waals surface area contributed by atoms with Crippen LogP contribution in [-0.4, -0.2) is 32.9 Å². The third-order valence-corrected chi connectivity index (χ3v) is 6.51. The molecule has 2 aliphatic rings. The highest BCUT2D eigenvalue weighted by atomic mass is 32.2. The van der Waals surface area contributed by atoms with Crippen LogP contribution in [0, 0.1) is 0 Å². The minimum Gasteiger partial charge on any atom is -0.339 e. The van der Waals surface area contributed by atoms with E-state index >= 15 is 0 Å². The first-order valence-corrected chi connectivity index (χ1v) is 9.30. The summed E-state index contributed by atoms with van der Waals surface area (Å²) in [6.07, 6.45) is 6.85. The Morgan fingerprint density at radius 3 is 2.84 bits per heavy atom. The molecule has 19 heavy (non-hydrogen) atoms. The van der Waals surface area contributed by atoms with Crippen LogP contribution < -0.4 is 5.73 Å². The number of nitrogens with two attached hydrogens (primary N) is 1. The van der Waals surface area contributed by atoms with E-state index in [1.807, 2.05) is 23.5 Å². The molecule has 2 heterocycles. The molecule has 6 heteroatoms. The van der Waals surface area contributed by atoms with E-state index in [4.69, 9.17) is 10.3 Å². The fraction of sp³-hybridized carbons (Fsp3) is 0.846. The Labute approximate surface area is 122 Å². The van der Waals surface area contributed by atoms with E-state index in [-0.39, 0.29) is 12.0 Å². The summed E-state index contributed by atoms with van der Waals surface area (Å²) in [5, 5.41) is 4.90. The van der Waals surface area contributed by atoms with Crippen molar-refractivity contribution in [1.82, 2.24) is 10.1 Å². The fourth-order valence-corrected chi connectivity index (χ4v) is 5.18. The molecule has 0 amide bonds. The maximum absolute atomic E-state index is 6.06. The van der Waals surface area contributed by atoms with E-state index in [2.05, 4.69) is 10.1 Å². The van der Waals surface area contributed by atoms with Crippen molar-refractivity contribution >= 4 is 23.5 Å². The van der Waals surface area contributed by atoms with Gasteiger partial charge in [0, 0.05) is 22.8 Å². The van der Waals surface area contributed by atoms with Gasteiger partial charge in [-0.2, -0.15) is 28.5 Å². The lowest BCUT2D eigenvalue weighted by atomic mass is 10.0. The predicted octanol–water partition coefficient (Wildman–Crippen LogP) is 2.79. The molecule has 2 atom stereocenters. The zero-order valence-electron chi connectivity index (χ0n) is 11.1. The van der Waals surface area contributed by atoms with Crippen LogP contribution in [-0.2, 0) is 5.75 Å². The Morgan fingerprint density at radius 2 is 2.11 bits per heavy atom. The van der Waals surface area contributed by atoms with Gasteiger partial charge in [-0.15, -0.1) is 0 Å². The topological polar surface area (TPSA) is 64.9 Å². The van der Waals surface area contributed by atoms with Crippen molar-refractivity contribution in [3.63, 3.8) is 0 Å². The zero-order chi connectivity index (χ0) is 13.1. The van der Waals surface area contributed by atoms with Gasteiger partial charge in [-0.3, -0.25) is 0 Å². The molecular formula is C13H21N3OS2. The highest BCUT2D eigenvalue weighted by Gasteiger charge is 2.30. The third-order valence-electron chi connectivity index (χ3n) is 3.93. The third kappa shape index (κ3) is 3.47. The molecular weight excluding hydrogens is 278 g/mol. The van der Waals surface area contributed by atoms with Crippen molar-refractivity contribution in [1.29, 1.82) is 0 Å². The van der Waals surface area contributed by atoms with Gasteiger partial charge in [-0.1, -0.05) is 24.4 Å². The smallest absolute Gasteiger partial charge is 0.232 e. The van der Waals surface area contributed by atoms with E-state index in [0.29, 0.717) is 0 Å². The highest BCUT2D eigenvalue weighted by molar-refractivity contribution is 7.99. The average Bonchev–Trinajstić information content (AvgIpc) is 3.06. The quantitative estimate of drug-likeness (QED) is 0.922. The molecule has 1 saturated carbocycles. The first-order valence-electron chi connectivity index (χ1n) is 7.10. The minimum absolute atomic E-state index is 0.171. The van der Waals surface area contributed by atoms with Crippen LogP contribution in [0.5, 0.6) is 0 Å². The molecule has 2 N–H and O–H groups in total. The predicted molar refractivity (Wildman–Crippen MR) is 80.5 cm³/mol. The van der Waals surface area contributed by atoms with Gasteiger partial charge in [-0.05, 0) is 12.8 Å². The highest BCUT2D eigenvalue weighted by Crippen LogP contribution is 2.32. The normalized spacial score (nSPS) is 28.9. The van der Waals surface area contributed by atoms with Crippen LogP contribution in [0.1, 0.15) is 49.7 Å². The summed E-state index contributed by atoms with van der Waals surface area (Å²) in [5.41, 5.74) is 6.06. The van der Waals surface area contributed by atoms with Crippen LogP contribution in [0.3, 0.4) is 0 Å². The maximum Gasteiger partial charge on any atom is 0.232 e. The monoisotopic (exact) mass is 299 g/mol. The van der Waals surface area contributed by atoms with Gasteiger partial charge in [0.15, 0.2) is 5.82 Å². The lowest BCUT2D eigenvalue weighted by Crippen LogP contribution is -2.26. The molecule has 0 spiro atoms. The number of hydrogen-bond donors (Lipinski definition) is 1.